The fourth-order valence-corrected chi connectivity index (χ4v) is 3.56. The topological polar surface area (TPSA) is 105 Å². The minimum atomic E-state index is -0.326. The van der Waals surface area contributed by atoms with Crippen molar-refractivity contribution in [2.75, 3.05) is 26.4 Å². The maximum atomic E-state index is 13.5. The number of aliphatic hydroxyl groups is 1. The molecule has 0 aliphatic heterocycles. The lowest BCUT2D eigenvalue weighted by atomic mass is 10.1. The zero-order valence-electron chi connectivity index (χ0n) is 18.2. The molecule has 4 aromatic rings. The zero-order valence-corrected chi connectivity index (χ0v) is 18.2. The quantitative estimate of drug-likeness (QED) is 0.264. The molecule has 9 heteroatoms. The van der Waals surface area contributed by atoms with Gasteiger partial charge in [0, 0.05) is 18.7 Å². The Morgan fingerprint density at radius 1 is 1.00 bits per heavy atom. The molecule has 0 radical (unpaired) electrons. The van der Waals surface area contributed by atoms with E-state index in [0.717, 1.165) is 52.7 Å². The van der Waals surface area contributed by atoms with Crippen molar-refractivity contribution >= 4 is 10.9 Å². The first-order chi connectivity index (χ1) is 16.2. The van der Waals surface area contributed by atoms with Gasteiger partial charge in [-0.2, -0.15) is 5.10 Å². The number of hydrogen-bond acceptors (Lipinski definition) is 7. The molecule has 0 spiro atoms. The lowest BCUT2D eigenvalue weighted by Gasteiger charge is -2.10. The lowest BCUT2D eigenvalue weighted by Crippen LogP contribution is -2.16. The van der Waals surface area contributed by atoms with Crippen LogP contribution in [0.5, 0.6) is 5.75 Å². The molecule has 3 N–H and O–H groups in total. The number of aliphatic hydroxyl groups excluding tert-OH is 1. The zero-order chi connectivity index (χ0) is 22.9. The molecule has 0 aliphatic carbocycles. The van der Waals surface area contributed by atoms with Crippen LogP contribution in [0.3, 0.4) is 0 Å². The molecule has 33 heavy (non-hydrogen) atoms. The molecule has 0 bridgehead atoms. The average Bonchev–Trinajstić information content (AvgIpc) is 3.52. The third-order valence-electron chi connectivity index (χ3n) is 5.19. The van der Waals surface area contributed by atoms with Crippen LogP contribution in [0.2, 0.25) is 0 Å². The van der Waals surface area contributed by atoms with Crippen LogP contribution in [0.25, 0.3) is 22.0 Å². The first-order valence-corrected chi connectivity index (χ1v) is 10.9. The summed E-state index contributed by atoms with van der Waals surface area (Å²) in [5.74, 6) is 0.402. The number of H-pyrrole nitrogens is 1. The minimum absolute atomic E-state index is 0.161. The fourth-order valence-electron chi connectivity index (χ4n) is 3.56. The van der Waals surface area contributed by atoms with Crippen LogP contribution in [0.4, 0.5) is 4.39 Å². The first kappa shape index (κ1) is 22.9. The summed E-state index contributed by atoms with van der Waals surface area (Å²) in [6.07, 6.45) is 6.84. The number of ether oxygens (including phenoxy) is 2. The monoisotopic (exact) mass is 454 g/mol. The molecular formula is C24H27FN4O4. The van der Waals surface area contributed by atoms with Crippen molar-refractivity contribution in [2.45, 2.75) is 26.0 Å². The number of nitrogens with one attached hydrogen (secondary N) is 2. The van der Waals surface area contributed by atoms with Crippen LogP contribution < -0.4 is 10.1 Å². The number of nitrogens with zero attached hydrogens (tertiary/aromatic N) is 2. The van der Waals surface area contributed by atoms with E-state index in [-0.39, 0.29) is 12.4 Å². The number of aromatic nitrogens is 3. The Kier molecular flexibility index (Phi) is 8.02. The second-order valence-corrected chi connectivity index (χ2v) is 7.69. The van der Waals surface area contributed by atoms with Gasteiger partial charge in [0.15, 0.2) is 0 Å². The summed E-state index contributed by atoms with van der Waals surface area (Å²) in [6, 6.07) is 8.55. The predicted octanol–water partition coefficient (Wildman–Crippen LogP) is 3.81. The van der Waals surface area contributed by atoms with Crippen molar-refractivity contribution in [3.8, 4) is 16.9 Å². The molecule has 4 rings (SSSR count). The molecule has 2 heterocycles. The first-order valence-electron chi connectivity index (χ1n) is 10.9. The summed E-state index contributed by atoms with van der Waals surface area (Å²) in [4.78, 5) is 0. The number of benzene rings is 2. The Morgan fingerprint density at radius 2 is 1.91 bits per heavy atom. The van der Waals surface area contributed by atoms with E-state index in [1.165, 1.54) is 12.1 Å². The van der Waals surface area contributed by atoms with E-state index in [1.807, 2.05) is 12.1 Å². The van der Waals surface area contributed by atoms with E-state index in [9.17, 15) is 4.39 Å². The highest BCUT2D eigenvalue weighted by Gasteiger charge is 2.10. The number of hydrogen-bond donors (Lipinski definition) is 3. The average molecular weight is 455 g/mol. The van der Waals surface area contributed by atoms with Gasteiger partial charge in [0.25, 0.3) is 0 Å². The van der Waals surface area contributed by atoms with E-state index < -0.39 is 0 Å². The van der Waals surface area contributed by atoms with Gasteiger partial charge in [-0.15, -0.1) is 0 Å². The Labute approximate surface area is 190 Å². The molecule has 174 valence electrons. The molecule has 0 amide bonds. The standard InChI is InChI=1S/C24H27FN4O4/c25-21-8-17(7-18(9-21)15-30)12-26-3-1-2-4-31-5-6-32-24-11-19(20-13-28-33-16-20)10-23-22(24)14-27-29-23/h7-11,13-14,16,26,30H,1-6,12,15H2,(H,27,29). The smallest absolute Gasteiger partial charge is 0.131 e. The van der Waals surface area contributed by atoms with Gasteiger partial charge in [-0.25, -0.2) is 4.39 Å². The Hall–Kier alpha value is -3.27. The van der Waals surface area contributed by atoms with Gasteiger partial charge < -0.3 is 24.4 Å². The highest BCUT2D eigenvalue weighted by Crippen LogP contribution is 2.31. The molecule has 2 aromatic carbocycles. The molecule has 2 aromatic heterocycles. The van der Waals surface area contributed by atoms with E-state index in [0.29, 0.717) is 31.9 Å². The second-order valence-electron chi connectivity index (χ2n) is 7.69. The third kappa shape index (κ3) is 6.38. The summed E-state index contributed by atoms with van der Waals surface area (Å²) in [5, 5.41) is 24.2. The normalized spacial score (nSPS) is 11.3. The van der Waals surface area contributed by atoms with Crippen LogP contribution in [0.15, 0.2) is 53.5 Å². The molecule has 0 fully saturated rings. The molecule has 0 atom stereocenters. The molecular weight excluding hydrogens is 427 g/mol. The SMILES string of the molecule is OCc1cc(F)cc(CNCCCCOCCOc2cc(-c3cnoc3)cc3[nH]ncc23)c1. The van der Waals surface area contributed by atoms with Gasteiger partial charge in [0.1, 0.15) is 24.4 Å². The van der Waals surface area contributed by atoms with Gasteiger partial charge in [0.2, 0.25) is 0 Å². The maximum Gasteiger partial charge on any atom is 0.131 e. The Balaban J connectivity index is 1.12. The van der Waals surface area contributed by atoms with E-state index in [4.69, 9.17) is 19.1 Å². The van der Waals surface area contributed by atoms with Crippen LogP contribution in [0, 0.1) is 5.82 Å². The molecule has 8 nitrogen and oxygen atoms in total. The number of aromatic amines is 1. The Morgan fingerprint density at radius 3 is 2.76 bits per heavy atom. The third-order valence-corrected chi connectivity index (χ3v) is 5.19. The second kappa shape index (κ2) is 11.6. The van der Waals surface area contributed by atoms with Crippen LogP contribution >= 0.6 is 0 Å². The minimum Gasteiger partial charge on any atom is -0.490 e. The summed E-state index contributed by atoms with van der Waals surface area (Å²) in [7, 11) is 0. The molecule has 0 saturated carbocycles. The highest BCUT2D eigenvalue weighted by molar-refractivity contribution is 5.89. The van der Waals surface area contributed by atoms with Gasteiger partial charge in [0.05, 0.1) is 36.5 Å². The number of halogens is 1. The van der Waals surface area contributed by atoms with Gasteiger partial charge >= 0.3 is 0 Å². The summed E-state index contributed by atoms with van der Waals surface area (Å²) in [6.45, 7) is 2.76. The molecule has 0 unspecified atom stereocenters. The van der Waals surface area contributed by atoms with Crippen molar-refractivity contribution in [2.24, 2.45) is 0 Å². The molecule has 0 saturated heterocycles. The van der Waals surface area contributed by atoms with Crippen LogP contribution in [-0.2, 0) is 17.9 Å². The summed E-state index contributed by atoms with van der Waals surface area (Å²) >= 11 is 0. The predicted molar refractivity (Wildman–Crippen MR) is 121 cm³/mol. The van der Waals surface area contributed by atoms with Crippen molar-refractivity contribution in [1.82, 2.24) is 20.7 Å². The summed E-state index contributed by atoms with van der Waals surface area (Å²) in [5.41, 5.74) is 4.09. The van der Waals surface area contributed by atoms with Crippen molar-refractivity contribution in [3.63, 3.8) is 0 Å². The van der Waals surface area contributed by atoms with Crippen molar-refractivity contribution in [3.05, 3.63) is 65.9 Å². The maximum absolute atomic E-state index is 13.5. The van der Waals surface area contributed by atoms with Gasteiger partial charge in [-0.05, 0) is 60.3 Å². The lowest BCUT2D eigenvalue weighted by molar-refractivity contribution is 0.0979. The van der Waals surface area contributed by atoms with E-state index in [1.54, 1.807) is 24.7 Å². The van der Waals surface area contributed by atoms with E-state index >= 15 is 0 Å². The van der Waals surface area contributed by atoms with Crippen LogP contribution in [0.1, 0.15) is 24.0 Å². The highest BCUT2D eigenvalue weighted by atomic mass is 19.1. The fraction of sp³-hybridized carbons (Fsp3) is 0.333. The van der Waals surface area contributed by atoms with Crippen LogP contribution in [-0.4, -0.2) is 46.8 Å². The van der Waals surface area contributed by atoms with Crippen molar-refractivity contribution in [1.29, 1.82) is 0 Å². The number of rotatable bonds is 13. The van der Waals surface area contributed by atoms with Crippen molar-refractivity contribution < 1.29 is 23.5 Å². The number of fused-ring (bicyclic) bond motifs is 1. The summed E-state index contributed by atoms with van der Waals surface area (Å²) < 4.78 is 30.0. The largest absolute Gasteiger partial charge is 0.490 e. The molecule has 0 aliphatic rings. The van der Waals surface area contributed by atoms with E-state index in [2.05, 4.69) is 20.7 Å². The van der Waals surface area contributed by atoms with Gasteiger partial charge in [-0.3, -0.25) is 5.10 Å². The Bertz CT molecular complexity index is 1150. The number of unbranched alkanes of at least 4 members (excludes halogenated alkanes) is 1. The van der Waals surface area contributed by atoms with Gasteiger partial charge in [-0.1, -0.05) is 11.2 Å².